The molecule has 1 heterocycles. The zero-order valence-corrected chi connectivity index (χ0v) is 18.3. The Labute approximate surface area is 183 Å². The van der Waals surface area contributed by atoms with Gasteiger partial charge in [-0.15, -0.1) is 11.8 Å². The maximum atomic E-state index is 14.8. The fourth-order valence-electron chi connectivity index (χ4n) is 4.09. The van der Waals surface area contributed by atoms with Crippen molar-refractivity contribution >= 4 is 17.7 Å². The maximum Gasteiger partial charge on any atom is 0.416 e. The van der Waals surface area contributed by atoms with Crippen LogP contribution in [-0.2, 0) is 11.7 Å². The molecule has 168 valence electrons. The molecule has 31 heavy (non-hydrogen) atoms. The van der Waals surface area contributed by atoms with Crippen molar-refractivity contribution < 1.29 is 27.1 Å². The molecule has 0 spiro atoms. The molecule has 1 amide bonds. The maximum absolute atomic E-state index is 14.8. The third-order valence-electron chi connectivity index (χ3n) is 5.49. The molecule has 2 aromatic carbocycles. The number of halogens is 4. The molecule has 0 unspecified atom stereocenters. The van der Waals surface area contributed by atoms with E-state index in [0.29, 0.717) is 18.5 Å². The highest BCUT2D eigenvalue weighted by molar-refractivity contribution is 7.98. The topological polar surface area (TPSA) is 41.6 Å². The highest BCUT2D eigenvalue weighted by Crippen LogP contribution is 2.39. The van der Waals surface area contributed by atoms with Crippen molar-refractivity contribution in [3.05, 3.63) is 58.9 Å². The van der Waals surface area contributed by atoms with Gasteiger partial charge in [0.25, 0.3) is 5.91 Å². The summed E-state index contributed by atoms with van der Waals surface area (Å²) in [5.41, 5.74) is -1.55. The number of nitrogens with zero attached hydrogens (tertiary/aromatic N) is 1. The van der Waals surface area contributed by atoms with Gasteiger partial charge in [0, 0.05) is 17.0 Å². The van der Waals surface area contributed by atoms with Crippen molar-refractivity contribution in [1.29, 1.82) is 0 Å². The molecule has 9 heteroatoms. The Kier molecular flexibility index (Phi) is 6.85. The van der Waals surface area contributed by atoms with E-state index in [0.717, 1.165) is 36.9 Å². The molecule has 3 rings (SSSR count). The van der Waals surface area contributed by atoms with E-state index in [-0.39, 0.29) is 16.2 Å². The molecular weight excluding hydrogens is 432 g/mol. The molecule has 1 fully saturated rings. The molecule has 0 bridgehead atoms. The average Bonchev–Trinajstić information content (AvgIpc) is 2.72. The first kappa shape index (κ1) is 23.4. The van der Waals surface area contributed by atoms with Crippen molar-refractivity contribution in [1.82, 2.24) is 10.2 Å². The average molecular weight is 457 g/mol. The fourth-order valence-corrected chi connectivity index (χ4v) is 4.73. The number of methoxy groups -OCH3 is 1. The largest absolute Gasteiger partial charge is 0.496 e. The van der Waals surface area contributed by atoms with Crippen LogP contribution in [0.5, 0.6) is 5.75 Å². The van der Waals surface area contributed by atoms with E-state index >= 15 is 0 Å². The molecule has 0 saturated carbocycles. The number of ether oxygens (including phenoxy) is 1. The van der Waals surface area contributed by atoms with Gasteiger partial charge in [-0.05, 0) is 50.9 Å². The summed E-state index contributed by atoms with van der Waals surface area (Å²) in [4.78, 5) is 15.5. The number of likely N-dealkylation sites (N-methyl/N-ethyl adjacent to an activating group) is 1. The summed E-state index contributed by atoms with van der Waals surface area (Å²) >= 11 is 1.02. The summed E-state index contributed by atoms with van der Waals surface area (Å²) in [6.45, 7) is 1.17. The Morgan fingerprint density at radius 2 is 1.97 bits per heavy atom. The summed E-state index contributed by atoms with van der Waals surface area (Å²) in [5, 5.41) is 2.95. The van der Waals surface area contributed by atoms with E-state index in [1.807, 2.05) is 11.9 Å². The van der Waals surface area contributed by atoms with Crippen molar-refractivity contribution in [3.63, 3.8) is 0 Å². The van der Waals surface area contributed by atoms with Crippen LogP contribution in [0, 0.1) is 5.82 Å². The summed E-state index contributed by atoms with van der Waals surface area (Å²) in [7, 11) is 3.10. The number of thioether (sulfide) groups is 1. The molecule has 2 aromatic rings. The third-order valence-corrected chi connectivity index (χ3v) is 6.25. The van der Waals surface area contributed by atoms with E-state index < -0.39 is 29.0 Å². The first-order valence-electron chi connectivity index (χ1n) is 9.70. The van der Waals surface area contributed by atoms with Gasteiger partial charge in [-0.25, -0.2) is 4.39 Å². The fraction of sp³-hybridized carbons (Fsp3) is 0.409. The number of carbonyl (C=O) groups is 1. The van der Waals surface area contributed by atoms with Crippen LogP contribution in [-0.4, -0.2) is 44.3 Å². The van der Waals surface area contributed by atoms with Gasteiger partial charge in [-0.3, -0.25) is 4.79 Å². The van der Waals surface area contributed by atoms with Crippen LogP contribution >= 0.6 is 11.8 Å². The number of likely N-dealkylation sites (tertiary alicyclic amines) is 1. The Bertz CT molecular complexity index is 942. The van der Waals surface area contributed by atoms with Crippen LogP contribution in [0.2, 0.25) is 0 Å². The number of piperidine rings is 1. The molecule has 1 atom stereocenters. The van der Waals surface area contributed by atoms with Gasteiger partial charge in [0.05, 0.1) is 23.8 Å². The normalized spacial score (nSPS) is 19.8. The number of hydrogen-bond acceptors (Lipinski definition) is 4. The lowest BCUT2D eigenvalue weighted by Gasteiger charge is -2.42. The molecular formula is C22H24F4N2O2S. The summed E-state index contributed by atoms with van der Waals surface area (Å²) in [6.07, 6.45) is -1.76. The number of rotatable bonds is 5. The van der Waals surface area contributed by atoms with Gasteiger partial charge in [-0.2, -0.15) is 13.2 Å². The first-order chi connectivity index (χ1) is 14.6. The summed E-state index contributed by atoms with van der Waals surface area (Å²) < 4.78 is 59.8. The van der Waals surface area contributed by atoms with Crippen molar-refractivity contribution in [2.45, 2.75) is 29.5 Å². The van der Waals surface area contributed by atoms with Gasteiger partial charge in [0.1, 0.15) is 11.6 Å². The van der Waals surface area contributed by atoms with E-state index in [4.69, 9.17) is 4.74 Å². The number of benzene rings is 2. The number of amides is 1. The van der Waals surface area contributed by atoms with E-state index in [2.05, 4.69) is 5.32 Å². The zero-order valence-electron chi connectivity index (χ0n) is 17.5. The van der Waals surface area contributed by atoms with Crippen LogP contribution in [0.4, 0.5) is 17.6 Å². The quantitative estimate of drug-likeness (QED) is 0.512. The van der Waals surface area contributed by atoms with Crippen LogP contribution in [0.25, 0.3) is 0 Å². The lowest BCUT2D eigenvalue weighted by Crippen LogP contribution is -2.56. The number of nitrogens with one attached hydrogen (secondary N) is 1. The smallest absolute Gasteiger partial charge is 0.416 e. The van der Waals surface area contributed by atoms with Crippen LogP contribution in [0.15, 0.2) is 41.3 Å². The van der Waals surface area contributed by atoms with E-state index in [9.17, 15) is 22.4 Å². The highest BCUT2D eigenvalue weighted by atomic mass is 32.2. The molecule has 0 radical (unpaired) electrons. The van der Waals surface area contributed by atoms with Gasteiger partial charge >= 0.3 is 6.18 Å². The molecule has 0 aliphatic carbocycles. The molecule has 1 aliphatic rings. The molecule has 4 nitrogen and oxygen atoms in total. The second-order valence-electron chi connectivity index (χ2n) is 7.61. The van der Waals surface area contributed by atoms with E-state index in [1.165, 1.54) is 13.2 Å². The second kappa shape index (κ2) is 9.08. The van der Waals surface area contributed by atoms with Crippen molar-refractivity contribution in [3.8, 4) is 5.75 Å². The standard InChI is InChI=1S/C22H24F4N2O2S/c1-28-10-6-9-21(13-28,15-7-4-5-8-16(15)23)27-20(29)19-17(30-2)11-14(22(24,25)26)12-18(19)31-3/h4-5,7-8,11-12H,6,9-10,13H2,1-3H3,(H,27,29)/t21-/m1/s1. The third kappa shape index (κ3) is 4.82. The lowest BCUT2D eigenvalue weighted by atomic mass is 9.81. The van der Waals surface area contributed by atoms with Crippen LogP contribution in [0.3, 0.4) is 0 Å². The van der Waals surface area contributed by atoms with Gasteiger partial charge in [0.15, 0.2) is 0 Å². The molecule has 1 aliphatic heterocycles. The van der Waals surface area contributed by atoms with Crippen LogP contribution in [0.1, 0.15) is 34.3 Å². The lowest BCUT2D eigenvalue weighted by molar-refractivity contribution is -0.137. The summed E-state index contributed by atoms with van der Waals surface area (Å²) in [5.74, 6) is -1.22. The minimum absolute atomic E-state index is 0.00643. The Morgan fingerprint density at radius 3 is 2.55 bits per heavy atom. The number of hydrogen-bond donors (Lipinski definition) is 1. The Morgan fingerprint density at radius 1 is 1.26 bits per heavy atom. The SMILES string of the molecule is COc1cc(C(F)(F)F)cc(SC)c1C(=O)N[C@]1(c2ccccc2F)CCCN(C)C1. The van der Waals surface area contributed by atoms with Gasteiger partial charge in [-0.1, -0.05) is 18.2 Å². The highest BCUT2D eigenvalue weighted by Gasteiger charge is 2.41. The minimum Gasteiger partial charge on any atom is -0.496 e. The second-order valence-corrected chi connectivity index (χ2v) is 8.46. The summed E-state index contributed by atoms with van der Waals surface area (Å²) in [6, 6.07) is 8.00. The predicted molar refractivity (Wildman–Crippen MR) is 112 cm³/mol. The first-order valence-corrected chi connectivity index (χ1v) is 10.9. The van der Waals surface area contributed by atoms with Crippen LogP contribution < -0.4 is 10.1 Å². The monoisotopic (exact) mass is 456 g/mol. The number of carbonyl (C=O) groups excluding carboxylic acids is 1. The van der Waals surface area contributed by atoms with Crippen molar-refractivity contribution in [2.75, 3.05) is 33.5 Å². The van der Waals surface area contributed by atoms with Gasteiger partial charge < -0.3 is 15.0 Å². The van der Waals surface area contributed by atoms with E-state index in [1.54, 1.807) is 24.5 Å². The zero-order chi connectivity index (χ0) is 22.8. The minimum atomic E-state index is -4.58. The molecule has 1 saturated heterocycles. The van der Waals surface area contributed by atoms with Crippen molar-refractivity contribution in [2.24, 2.45) is 0 Å². The Hall–Kier alpha value is -2.26. The van der Waals surface area contributed by atoms with Gasteiger partial charge in [0.2, 0.25) is 0 Å². The Balaban J connectivity index is 2.08. The number of alkyl halides is 3. The predicted octanol–water partition coefficient (Wildman–Crippen LogP) is 4.93. The molecule has 1 N–H and O–H groups in total. The molecule has 0 aromatic heterocycles.